The largest absolute Gasteiger partial charge is 0.480 e. The Morgan fingerprint density at radius 3 is 2.58 bits per heavy atom. The van der Waals surface area contributed by atoms with Crippen molar-refractivity contribution in [3.05, 3.63) is 35.4 Å². The minimum atomic E-state index is -4.60. The SMILES string of the molecule is O=C1CCC[C@H]([C@@H](NC(=O)c2cccc(C(F)(F)F)c2)C(=O)O)C1. The average molecular weight is 343 g/mol. The zero-order valence-electron chi connectivity index (χ0n) is 12.6. The van der Waals surface area contributed by atoms with E-state index in [-0.39, 0.29) is 17.8 Å². The van der Waals surface area contributed by atoms with Gasteiger partial charge in [-0.1, -0.05) is 6.07 Å². The van der Waals surface area contributed by atoms with Crippen molar-refractivity contribution < 1.29 is 32.7 Å². The molecule has 0 spiro atoms. The van der Waals surface area contributed by atoms with Crippen LogP contribution in [0.4, 0.5) is 13.2 Å². The maximum Gasteiger partial charge on any atom is 0.416 e. The molecule has 1 aromatic carbocycles. The molecule has 1 saturated carbocycles. The van der Waals surface area contributed by atoms with Crippen LogP contribution in [0.5, 0.6) is 0 Å². The lowest BCUT2D eigenvalue weighted by molar-refractivity contribution is -0.141. The van der Waals surface area contributed by atoms with Crippen LogP contribution in [-0.4, -0.2) is 28.8 Å². The average Bonchev–Trinajstić information content (AvgIpc) is 2.51. The minimum Gasteiger partial charge on any atom is -0.480 e. The number of carboxylic acid groups (broad SMARTS) is 1. The van der Waals surface area contributed by atoms with E-state index in [9.17, 15) is 32.7 Å². The van der Waals surface area contributed by atoms with Gasteiger partial charge in [0, 0.05) is 18.4 Å². The van der Waals surface area contributed by atoms with E-state index in [0.29, 0.717) is 25.3 Å². The molecule has 0 saturated heterocycles. The number of ketones is 1. The van der Waals surface area contributed by atoms with E-state index in [2.05, 4.69) is 5.32 Å². The van der Waals surface area contributed by atoms with Crippen molar-refractivity contribution in [3.8, 4) is 0 Å². The smallest absolute Gasteiger partial charge is 0.416 e. The lowest BCUT2D eigenvalue weighted by Gasteiger charge is -2.27. The molecule has 2 rings (SSSR count). The summed E-state index contributed by atoms with van der Waals surface area (Å²) >= 11 is 0. The Kier molecular flexibility index (Phi) is 5.26. The summed E-state index contributed by atoms with van der Waals surface area (Å²) in [4.78, 5) is 35.0. The summed E-state index contributed by atoms with van der Waals surface area (Å²) in [5.41, 5.74) is -1.27. The number of nitrogens with one attached hydrogen (secondary N) is 1. The van der Waals surface area contributed by atoms with Crippen molar-refractivity contribution in [1.82, 2.24) is 5.32 Å². The molecule has 0 heterocycles. The van der Waals surface area contributed by atoms with E-state index in [1.54, 1.807) is 0 Å². The molecule has 5 nitrogen and oxygen atoms in total. The van der Waals surface area contributed by atoms with Gasteiger partial charge in [-0.05, 0) is 37.0 Å². The van der Waals surface area contributed by atoms with Gasteiger partial charge in [-0.25, -0.2) is 4.79 Å². The normalized spacial score (nSPS) is 19.6. The third-order valence-corrected chi connectivity index (χ3v) is 4.00. The predicted octanol–water partition coefficient (Wildman–Crippen LogP) is 2.65. The quantitative estimate of drug-likeness (QED) is 0.880. The first-order chi connectivity index (χ1) is 11.2. The van der Waals surface area contributed by atoms with Crippen LogP contribution in [0.3, 0.4) is 0 Å². The summed E-state index contributed by atoms with van der Waals surface area (Å²) in [5, 5.41) is 11.5. The number of hydrogen-bond acceptors (Lipinski definition) is 3. The number of carbonyl (C=O) groups is 3. The molecule has 1 aliphatic carbocycles. The Balaban J connectivity index is 2.16. The Morgan fingerprint density at radius 1 is 1.29 bits per heavy atom. The third-order valence-electron chi connectivity index (χ3n) is 4.00. The van der Waals surface area contributed by atoms with Gasteiger partial charge >= 0.3 is 12.1 Å². The van der Waals surface area contributed by atoms with Crippen LogP contribution in [0, 0.1) is 5.92 Å². The monoisotopic (exact) mass is 343 g/mol. The number of hydrogen-bond donors (Lipinski definition) is 2. The fraction of sp³-hybridized carbons (Fsp3) is 0.438. The topological polar surface area (TPSA) is 83.5 Å². The lowest BCUT2D eigenvalue weighted by atomic mass is 9.83. The Hall–Kier alpha value is -2.38. The van der Waals surface area contributed by atoms with Crippen molar-refractivity contribution >= 4 is 17.7 Å². The first-order valence-corrected chi connectivity index (χ1v) is 7.41. The first-order valence-electron chi connectivity index (χ1n) is 7.41. The number of Topliss-reactive ketones (excluding diaryl/α,β-unsaturated/α-hetero) is 1. The van der Waals surface area contributed by atoms with Gasteiger partial charge in [-0.2, -0.15) is 13.2 Å². The van der Waals surface area contributed by atoms with Gasteiger partial charge in [0.1, 0.15) is 11.8 Å². The van der Waals surface area contributed by atoms with E-state index in [0.717, 1.165) is 12.1 Å². The van der Waals surface area contributed by atoms with Crippen molar-refractivity contribution in [1.29, 1.82) is 0 Å². The minimum absolute atomic E-state index is 0.0415. The van der Waals surface area contributed by atoms with Crippen LogP contribution in [-0.2, 0) is 15.8 Å². The number of aliphatic carboxylic acids is 1. The molecule has 0 bridgehead atoms. The molecule has 0 radical (unpaired) electrons. The fourth-order valence-corrected chi connectivity index (χ4v) is 2.79. The molecule has 24 heavy (non-hydrogen) atoms. The molecule has 0 unspecified atom stereocenters. The Morgan fingerprint density at radius 2 is 2.00 bits per heavy atom. The number of benzene rings is 1. The molecular weight excluding hydrogens is 327 g/mol. The number of carbonyl (C=O) groups excluding carboxylic acids is 2. The summed E-state index contributed by atoms with van der Waals surface area (Å²) < 4.78 is 38.1. The van der Waals surface area contributed by atoms with Crippen molar-refractivity contribution in [2.45, 2.75) is 37.9 Å². The second-order valence-electron chi connectivity index (χ2n) is 5.76. The Labute approximate surface area is 135 Å². The van der Waals surface area contributed by atoms with Gasteiger partial charge in [0.2, 0.25) is 0 Å². The molecule has 1 fully saturated rings. The van der Waals surface area contributed by atoms with E-state index < -0.39 is 35.6 Å². The summed E-state index contributed by atoms with van der Waals surface area (Å²) in [6.45, 7) is 0. The molecular formula is C16H16F3NO4. The first kappa shape index (κ1) is 18.0. The van der Waals surface area contributed by atoms with Crippen LogP contribution < -0.4 is 5.32 Å². The van der Waals surface area contributed by atoms with Gasteiger partial charge in [0.25, 0.3) is 5.91 Å². The van der Waals surface area contributed by atoms with E-state index in [1.165, 1.54) is 6.07 Å². The van der Waals surface area contributed by atoms with Crippen LogP contribution in [0.25, 0.3) is 0 Å². The summed E-state index contributed by atoms with van der Waals surface area (Å²) in [6, 6.07) is 2.44. The predicted molar refractivity (Wildman–Crippen MR) is 77.3 cm³/mol. The lowest BCUT2D eigenvalue weighted by Crippen LogP contribution is -2.47. The van der Waals surface area contributed by atoms with Gasteiger partial charge in [0.15, 0.2) is 0 Å². The molecule has 8 heteroatoms. The van der Waals surface area contributed by atoms with Crippen molar-refractivity contribution in [3.63, 3.8) is 0 Å². The molecule has 2 N–H and O–H groups in total. The molecule has 0 aliphatic heterocycles. The van der Waals surface area contributed by atoms with Crippen LogP contribution in [0.1, 0.15) is 41.6 Å². The van der Waals surface area contributed by atoms with Gasteiger partial charge in [0.05, 0.1) is 5.56 Å². The Bertz CT molecular complexity index is 657. The van der Waals surface area contributed by atoms with Gasteiger partial charge < -0.3 is 10.4 Å². The van der Waals surface area contributed by atoms with Crippen molar-refractivity contribution in [2.75, 3.05) is 0 Å². The maximum atomic E-state index is 12.7. The molecule has 1 aliphatic rings. The van der Waals surface area contributed by atoms with Gasteiger partial charge in [-0.3, -0.25) is 9.59 Å². The highest BCUT2D eigenvalue weighted by molar-refractivity contribution is 5.97. The van der Waals surface area contributed by atoms with Crippen LogP contribution >= 0.6 is 0 Å². The number of carboxylic acids is 1. The van der Waals surface area contributed by atoms with E-state index in [1.807, 2.05) is 0 Å². The zero-order valence-corrected chi connectivity index (χ0v) is 12.6. The summed E-state index contributed by atoms with van der Waals surface area (Å²) in [5.74, 6) is -2.86. The second-order valence-corrected chi connectivity index (χ2v) is 5.76. The highest BCUT2D eigenvalue weighted by Crippen LogP contribution is 2.30. The zero-order chi connectivity index (χ0) is 17.9. The van der Waals surface area contributed by atoms with E-state index in [4.69, 9.17) is 0 Å². The highest BCUT2D eigenvalue weighted by Gasteiger charge is 2.34. The number of amides is 1. The molecule has 1 aromatic rings. The van der Waals surface area contributed by atoms with Crippen LogP contribution in [0.15, 0.2) is 24.3 Å². The highest BCUT2D eigenvalue weighted by atomic mass is 19.4. The van der Waals surface area contributed by atoms with Gasteiger partial charge in [-0.15, -0.1) is 0 Å². The third kappa shape index (κ3) is 4.33. The number of alkyl halides is 3. The number of rotatable bonds is 4. The fourth-order valence-electron chi connectivity index (χ4n) is 2.79. The molecule has 0 aromatic heterocycles. The number of halogens is 3. The summed E-state index contributed by atoms with van der Waals surface area (Å²) in [7, 11) is 0. The second kappa shape index (κ2) is 7.02. The summed E-state index contributed by atoms with van der Waals surface area (Å²) in [6.07, 6.45) is -3.18. The molecule has 130 valence electrons. The van der Waals surface area contributed by atoms with Crippen molar-refractivity contribution in [2.24, 2.45) is 5.92 Å². The molecule has 2 atom stereocenters. The molecule has 1 amide bonds. The maximum absolute atomic E-state index is 12.7. The van der Waals surface area contributed by atoms with E-state index >= 15 is 0 Å². The van der Waals surface area contributed by atoms with Crippen LogP contribution in [0.2, 0.25) is 0 Å². The standard InChI is InChI=1S/C16H16F3NO4/c17-16(18,19)11-5-1-4-10(7-11)14(22)20-13(15(23)24)9-3-2-6-12(21)8-9/h1,4-5,7,9,13H,2-3,6,8H2,(H,20,22)(H,23,24)/t9-,13+/m0/s1.